The molecule has 0 aliphatic heterocycles. The van der Waals surface area contributed by atoms with Gasteiger partial charge in [-0.25, -0.2) is 4.79 Å². The lowest BCUT2D eigenvalue weighted by atomic mass is 9.87. The van der Waals surface area contributed by atoms with Crippen LogP contribution in [0.2, 0.25) is 0 Å². The molecule has 38 heavy (non-hydrogen) atoms. The fourth-order valence-electron chi connectivity index (χ4n) is 4.75. The normalized spacial score (nSPS) is 15.2. The number of para-hydroxylation sites is 1. The first-order valence-electron chi connectivity index (χ1n) is 13.2. The number of rotatable bonds is 8. The molecule has 0 radical (unpaired) electrons. The number of anilines is 1. The molecule has 3 rings (SSSR count). The molecule has 8 nitrogen and oxygen atoms in total. The van der Waals surface area contributed by atoms with E-state index >= 15 is 0 Å². The zero-order valence-electron chi connectivity index (χ0n) is 23.6. The van der Waals surface area contributed by atoms with Crippen molar-refractivity contribution in [3.63, 3.8) is 0 Å². The molecular weight excluding hydrogens is 482 g/mol. The molecule has 0 saturated heterocycles. The number of aryl methyl sites for hydroxylation is 4. The molecule has 1 saturated carbocycles. The molecule has 1 fully saturated rings. The minimum absolute atomic E-state index is 0.202. The molecule has 1 aliphatic carbocycles. The highest BCUT2D eigenvalue weighted by molar-refractivity contribution is 6.00. The summed E-state index contributed by atoms with van der Waals surface area (Å²) in [5.74, 6) is -0.867. The summed E-state index contributed by atoms with van der Waals surface area (Å²) in [6, 6.07) is 9.16. The van der Waals surface area contributed by atoms with E-state index in [0.717, 1.165) is 41.5 Å². The fourth-order valence-corrected chi connectivity index (χ4v) is 4.75. The van der Waals surface area contributed by atoms with Gasteiger partial charge in [0.2, 0.25) is 5.91 Å². The lowest BCUT2D eigenvalue weighted by Crippen LogP contribution is -2.58. The summed E-state index contributed by atoms with van der Waals surface area (Å²) in [4.78, 5) is 42.1. The van der Waals surface area contributed by atoms with Gasteiger partial charge in [0.1, 0.15) is 17.7 Å². The monoisotopic (exact) mass is 523 g/mol. The summed E-state index contributed by atoms with van der Waals surface area (Å²) >= 11 is 0. The van der Waals surface area contributed by atoms with Crippen LogP contribution in [-0.2, 0) is 14.3 Å². The number of ether oxygens (including phenoxy) is 1. The van der Waals surface area contributed by atoms with Gasteiger partial charge in [-0.3, -0.25) is 9.59 Å². The van der Waals surface area contributed by atoms with Gasteiger partial charge in [-0.15, -0.1) is 0 Å². The molecule has 0 bridgehead atoms. The van der Waals surface area contributed by atoms with Crippen molar-refractivity contribution in [3.05, 3.63) is 64.2 Å². The summed E-state index contributed by atoms with van der Waals surface area (Å²) in [5.41, 5.74) is 4.39. The van der Waals surface area contributed by atoms with E-state index in [2.05, 4.69) is 10.6 Å². The van der Waals surface area contributed by atoms with Crippen LogP contribution in [-0.4, -0.2) is 52.2 Å². The number of nitrogens with one attached hydrogen (secondary N) is 2. The average Bonchev–Trinajstić information content (AvgIpc) is 2.78. The maximum absolute atomic E-state index is 14.1. The Morgan fingerprint density at radius 1 is 1.03 bits per heavy atom. The van der Waals surface area contributed by atoms with Crippen molar-refractivity contribution in [2.75, 3.05) is 11.9 Å². The molecule has 3 N–H and O–H groups in total. The van der Waals surface area contributed by atoms with E-state index in [-0.39, 0.29) is 11.9 Å². The lowest BCUT2D eigenvalue weighted by Gasteiger charge is -2.43. The Morgan fingerprint density at radius 2 is 1.66 bits per heavy atom. The van der Waals surface area contributed by atoms with Crippen molar-refractivity contribution < 1.29 is 24.2 Å². The average molecular weight is 524 g/mol. The standard InChI is InChI=1S/C30H41N3O5/c1-18-14-15-23(21(4)16-18)26(27(35)32-25-19(2)10-8-11-20(25)3)33(22-12-9-13-22)28(36)24(17-34)31-29(37)38-30(5,6)7/h8,10-11,14-16,22,24,26,34H,9,12-13,17H2,1-7H3,(H,31,37)(H,32,35). The predicted octanol–water partition coefficient (Wildman–Crippen LogP) is 4.87. The highest BCUT2D eigenvalue weighted by Crippen LogP contribution is 2.36. The molecule has 2 aromatic carbocycles. The van der Waals surface area contributed by atoms with Crippen LogP contribution in [0.25, 0.3) is 0 Å². The molecule has 2 aromatic rings. The van der Waals surface area contributed by atoms with Crippen LogP contribution in [0.1, 0.15) is 73.9 Å². The number of hydrogen-bond donors (Lipinski definition) is 3. The lowest BCUT2D eigenvalue weighted by molar-refractivity contribution is -0.146. The van der Waals surface area contributed by atoms with Crippen molar-refractivity contribution in [1.82, 2.24) is 10.2 Å². The Bertz CT molecular complexity index is 1160. The number of carbonyl (C=O) groups excluding carboxylic acids is 3. The Balaban J connectivity index is 2.05. The van der Waals surface area contributed by atoms with Crippen LogP contribution >= 0.6 is 0 Å². The number of nitrogens with zero attached hydrogens (tertiary/aromatic N) is 1. The van der Waals surface area contributed by atoms with Crippen LogP contribution in [0, 0.1) is 27.7 Å². The first-order valence-corrected chi connectivity index (χ1v) is 13.2. The topological polar surface area (TPSA) is 108 Å². The summed E-state index contributed by atoms with van der Waals surface area (Å²) in [6.07, 6.45) is 1.58. The Morgan fingerprint density at radius 3 is 2.16 bits per heavy atom. The van der Waals surface area contributed by atoms with Gasteiger partial charge in [0.05, 0.1) is 6.61 Å². The molecule has 206 valence electrons. The van der Waals surface area contributed by atoms with Crippen LogP contribution in [0.15, 0.2) is 36.4 Å². The van der Waals surface area contributed by atoms with E-state index in [4.69, 9.17) is 4.74 Å². The summed E-state index contributed by atoms with van der Waals surface area (Å²) in [7, 11) is 0. The van der Waals surface area contributed by atoms with Crippen LogP contribution in [0.4, 0.5) is 10.5 Å². The number of carbonyl (C=O) groups is 3. The molecule has 3 amide bonds. The third kappa shape index (κ3) is 6.92. The van der Waals surface area contributed by atoms with Gasteiger partial charge >= 0.3 is 6.09 Å². The minimum atomic E-state index is -1.26. The van der Waals surface area contributed by atoms with Gasteiger partial charge < -0.3 is 25.4 Å². The van der Waals surface area contributed by atoms with Crippen LogP contribution < -0.4 is 10.6 Å². The quantitative estimate of drug-likeness (QED) is 0.458. The van der Waals surface area contributed by atoms with Gasteiger partial charge in [-0.05, 0) is 90.0 Å². The van der Waals surface area contributed by atoms with E-state index in [1.54, 1.807) is 25.7 Å². The van der Waals surface area contributed by atoms with E-state index in [0.29, 0.717) is 11.3 Å². The van der Waals surface area contributed by atoms with E-state index in [1.807, 2.05) is 64.1 Å². The predicted molar refractivity (Wildman–Crippen MR) is 148 cm³/mol. The van der Waals surface area contributed by atoms with Gasteiger partial charge in [0.15, 0.2) is 0 Å². The fraction of sp³-hybridized carbons (Fsp3) is 0.500. The zero-order chi connectivity index (χ0) is 28.2. The van der Waals surface area contributed by atoms with Crippen molar-refractivity contribution in [1.29, 1.82) is 0 Å². The summed E-state index contributed by atoms with van der Waals surface area (Å²) in [5, 5.41) is 15.7. The summed E-state index contributed by atoms with van der Waals surface area (Å²) in [6.45, 7) is 12.3. The van der Waals surface area contributed by atoms with Crippen LogP contribution in [0.5, 0.6) is 0 Å². The van der Waals surface area contributed by atoms with E-state index in [1.165, 1.54) is 0 Å². The van der Waals surface area contributed by atoms with Gasteiger partial charge in [0, 0.05) is 11.7 Å². The number of aliphatic hydroxyl groups is 1. The van der Waals surface area contributed by atoms with Gasteiger partial charge in [-0.1, -0.05) is 42.0 Å². The smallest absolute Gasteiger partial charge is 0.408 e. The number of benzene rings is 2. The number of alkyl carbamates (subject to hydrolysis) is 1. The molecule has 0 aromatic heterocycles. The van der Waals surface area contributed by atoms with Crippen molar-refractivity contribution in [2.24, 2.45) is 0 Å². The molecular formula is C30H41N3O5. The number of aliphatic hydroxyl groups excluding tert-OH is 1. The Hall–Kier alpha value is -3.39. The Kier molecular flexibility index (Phi) is 9.20. The highest BCUT2D eigenvalue weighted by atomic mass is 16.6. The third-order valence-electron chi connectivity index (χ3n) is 6.87. The maximum atomic E-state index is 14.1. The largest absolute Gasteiger partial charge is 0.444 e. The first-order chi connectivity index (χ1) is 17.8. The molecule has 1 aliphatic rings. The molecule has 0 heterocycles. The van der Waals surface area contributed by atoms with Crippen molar-refractivity contribution in [3.8, 4) is 0 Å². The molecule has 0 spiro atoms. The van der Waals surface area contributed by atoms with Crippen molar-refractivity contribution >= 4 is 23.6 Å². The number of amides is 3. The SMILES string of the molecule is Cc1ccc(C(C(=O)Nc2c(C)cccc2C)N(C(=O)C(CO)NC(=O)OC(C)(C)C)C2CCC2)c(C)c1. The third-order valence-corrected chi connectivity index (χ3v) is 6.87. The van der Waals surface area contributed by atoms with Gasteiger partial charge in [0.25, 0.3) is 5.91 Å². The second kappa shape index (κ2) is 12.0. The van der Waals surface area contributed by atoms with Gasteiger partial charge in [-0.2, -0.15) is 0 Å². The van der Waals surface area contributed by atoms with E-state index in [9.17, 15) is 19.5 Å². The number of hydrogen-bond acceptors (Lipinski definition) is 5. The van der Waals surface area contributed by atoms with Crippen molar-refractivity contribution in [2.45, 2.75) is 91.5 Å². The molecule has 2 atom stereocenters. The van der Waals surface area contributed by atoms with Crippen LogP contribution in [0.3, 0.4) is 0 Å². The zero-order valence-corrected chi connectivity index (χ0v) is 23.6. The van der Waals surface area contributed by atoms with E-state index < -0.39 is 36.3 Å². The molecule has 2 unspecified atom stereocenters. The highest BCUT2D eigenvalue weighted by Gasteiger charge is 2.42. The first kappa shape index (κ1) is 29.2. The summed E-state index contributed by atoms with van der Waals surface area (Å²) < 4.78 is 5.32. The second-order valence-corrected chi connectivity index (χ2v) is 11.2. The molecule has 8 heteroatoms. The minimum Gasteiger partial charge on any atom is -0.444 e. The Labute approximate surface area is 225 Å². The second-order valence-electron chi connectivity index (χ2n) is 11.2. The maximum Gasteiger partial charge on any atom is 0.408 e.